The van der Waals surface area contributed by atoms with E-state index in [4.69, 9.17) is 23.4 Å². The van der Waals surface area contributed by atoms with Gasteiger partial charge in [0.05, 0.1) is 27.0 Å². The second-order valence-electron chi connectivity index (χ2n) is 13.8. The van der Waals surface area contributed by atoms with Crippen LogP contribution in [0.3, 0.4) is 0 Å². The van der Waals surface area contributed by atoms with Crippen molar-refractivity contribution in [2.45, 2.75) is 69.0 Å². The first kappa shape index (κ1) is 34.5. The first-order valence-electron chi connectivity index (χ1n) is 16.3. The van der Waals surface area contributed by atoms with E-state index >= 15 is 0 Å². The third kappa shape index (κ3) is 6.42. The van der Waals surface area contributed by atoms with Gasteiger partial charge in [-0.25, -0.2) is 19.3 Å². The van der Waals surface area contributed by atoms with Crippen LogP contribution in [0.15, 0.2) is 96.2 Å². The fourth-order valence-corrected chi connectivity index (χ4v) is 7.39. The highest BCUT2D eigenvalue weighted by Gasteiger charge is 2.52. The Kier molecular flexibility index (Phi) is 9.53. The molecule has 2 aromatic heterocycles. The zero-order valence-corrected chi connectivity index (χ0v) is 29.9. The number of aromatic nitrogens is 4. The van der Waals surface area contributed by atoms with E-state index in [0.29, 0.717) is 22.7 Å². The van der Waals surface area contributed by atoms with Crippen LogP contribution in [0.5, 0.6) is 11.5 Å². The van der Waals surface area contributed by atoms with Crippen LogP contribution in [0, 0.1) is 0 Å². The monoisotopic (exact) mass is 684 g/mol. The molecule has 5 aromatic rings. The molecule has 12 heteroatoms. The minimum absolute atomic E-state index is 0.0475. The molecule has 0 saturated carbocycles. The number of nitrogens with one attached hydrogen (secondary N) is 1. The molecule has 0 radical (unpaired) electrons. The van der Waals surface area contributed by atoms with Crippen molar-refractivity contribution >= 4 is 19.5 Å². The number of benzene rings is 3. The molecular weight excluding hydrogens is 641 g/mol. The Labute approximate surface area is 286 Å². The van der Waals surface area contributed by atoms with Crippen molar-refractivity contribution in [1.29, 1.82) is 0 Å². The number of H-pyrrole nitrogens is 1. The van der Waals surface area contributed by atoms with Crippen LogP contribution in [0.2, 0.25) is 18.1 Å². The highest BCUT2D eigenvalue weighted by Crippen LogP contribution is 2.45. The number of methoxy groups -OCH3 is 2. The smallest absolute Gasteiger partial charge is 0.329 e. The van der Waals surface area contributed by atoms with Crippen molar-refractivity contribution in [2.75, 3.05) is 20.8 Å². The fourth-order valence-electron chi connectivity index (χ4n) is 6.10. The molecule has 49 heavy (non-hydrogen) atoms. The summed E-state index contributed by atoms with van der Waals surface area (Å²) in [5.41, 5.74) is 1.79. The SMILES string of the molecule is COc1ccc(C(OC[C@H]2O[C@@H](n3c(=O)[nH]c4cncnc43)[C@@H](O[Si](C)(C)C(C)(C)C)C2O)(c2ccccc2)c2ccc(OC)cc2)cc1. The van der Waals surface area contributed by atoms with Gasteiger partial charge in [-0.1, -0.05) is 75.4 Å². The molecular formula is C37H44N4O7Si. The second-order valence-corrected chi connectivity index (χ2v) is 18.5. The van der Waals surface area contributed by atoms with E-state index in [9.17, 15) is 9.90 Å². The maximum atomic E-state index is 13.4. The molecule has 0 amide bonds. The second kappa shape index (κ2) is 13.5. The molecule has 1 unspecified atom stereocenters. The lowest BCUT2D eigenvalue weighted by Crippen LogP contribution is -2.49. The average molecular weight is 685 g/mol. The number of imidazole rings is 1. The molecule has 1 aliphatic rings. The van der Waals surface area contributed by atoms with E-state index in [1.54, 1.807) is 14.2 Å². The van der Waals surface area contributed by atoms with Gasteiger partial charge in [0.2, 0.25) is 0 Å². The van der Waals surface area contributed by atoms with Gasteiger partial charge in [-0.3, -0.25) is 0 Å². The van der Waals surface area contributed by atoms with Crippen LogP contribution >= 0.6 is 0 Å². The maximum absolute atomic E-state index is 13.4. The highest BCUT2D eigenvalue weighted by atomic mass is 28.4. The van der Waals surface area contributed by atoms with E-state index in [1.807, 2.05) is 78.9 Å². The number of aromatic amines is 1. The van der Waals surface area contributed by atoms with Crippen LogP contribution in [0.25, 0.3) is 11.2 Å². The summed E-state index contributed by atoms with van der Waals surface area (Å²) in [6.45, 7) is 10.5. The van der Waals surface area contributed by atoms with Gasteiger partial charge < -0.3 is 33.5 Å². The molecule has 0 spiro atoms. The highest BCUT2D eigenvalue weighted by molar-refractivity contribution is 6.74. The van der Waals surface area contributed by atoms with Crippen LogP contribution in [0.1, 0.15) is 43.7 Å². The first-order valence-corrected chi connectivity index (χ1v) is 19.2. The van der Waals surface area contributed by atoms with Crippen LogP contribution < -0.4 is 15.2 Å². The third-order valence-electron chi connectivity index (χ3n) is 9.82. The molecule has 3 heterocycles. The van der Waals surface area contributed by atoms with E-state index in [0.717, 1.165) is 16.7 Å². The largest absolute Gasteiger partial charge is 0.497 e. The van der Waals surface area contributed by atoms with Crippen molar-refractivity contribution < 1.29 is 28.5 Å². The van der Waals surface area contributed by atoms with Gasteiger partial charge in [0, 0.05) is 0 Å². The number of rotatable bonds is 11. The topological polar surface area (TPSA) is 130 Å². The summed E-state index contributed by atoms with van der Waals surface area (Å²) in [6, 6.07) is 25.4. The molecule has 1 aliphatic heterocycles. The van der Waals surface area contributed by atoms with Gasteiger partial charge in [-0.05, 0) is 59.1 Å². The zero-order valence-electron chi connectivity index (χ0n) is 28.9. The molecule has 4 atom stereocenters. The van der Waals surface area contributed by atoms with E-state index in [-0.39, 0.29) is 11.6 Å². The number of hydrogen-bond donors (Lipinski definition) is 2. The molecule has 0 bridgehead atoms. The molecule has 1 saturated heterocycles. The Bertz CT molecular complexity index is 1870. The summed E-state index contributed by atoms with van der Waals surface area (Å²) in [5, 5.41) is 11.9. The van der Waals surface area contributed by atoms with E-state index < -0.39 is 44.1 Å². The lowest BCUT2D eigenvalue weighted by atomic mass is 9.80. The molecule has 0 aliphatic carbocycles. The van der Waals surface area contributed by atoms with Crippen LogP contribution in [-0.4, -0.2) is 72.1 Å². The first-order chi connectivity index (χ1) is 23.4. The lowest BCUT2D eigenvalue weighted by molar-refractivity contribution is -0.0946. The van der Waals surface area contributed by atoms with Crippen LogP contribution in [0.4, 0.5) is 0 Å². The van der Waals surface area contributed by atoms with Gasteiger partial charge in [0.1, 0.15) is 47.3 Å². The normalized spacial score (nSPS) is 20.1. The molecule has 2 N–H and O–H groups in total. The van der Waals surface area contributed by atoms with Gasteiger partial charge in [0.15, 0.2) is 20.2 Å². The maximum Gasteiger partial charge on any atom is 0.329 e. The number of fused-ring (bicyclic) bond motifs is 1. The number of aliphatic hydroxyl groups is 1. The predicted octanol–water partition coefficient (Wildman–Crippen LogP) is 5.79. The standard InChI is InChI=1S/C37H44N4O7Si/c1-36(2,3)49(6,7)48-32-31(42)30(47-34(32)41-33-29(40-35(41)43)21-38-23-39-33)22-46-37(24-11-9-8-10-12-24,25-13-17-27(44-4)18-14-25)26-15-19-28(45-5)20-16-26/h8-21,23,30-32,34,42H,22H2,1-7H3,(H,40,43)/t30-,31?,32+,34-/m1/s1. The van der Waals surface area contributed by atoms with Crippen molar-refractivity contribution in [1.82, 2.24) is 19.5 Å². The summed E-state index contributed by atoms with van der Waals surface area (Å²) in [7, 11) is 0.775. The van der Waals surface area contributed by atoms with Crippen molar-refractivity contribution in [3.63, 3.8) is 0 Å². The molecule has 11 nitrogen and oxygen atoms in total. The summed E-state index contributed by atoms with van der Waals surface area (Å²) in [4.78, 5) is 24.6. The minimum Gasteiger partial charge on any atom is -0.497 e. The summed E-state index contributed by atoms with van der Waals surface area (Å²) >= 11 is 0. The van der Waals surface area contributed by atoms with Gasteiger partial charge in [-0.15, -0.1) is 0 Å². The average Bonchev–Trinajstić information content (AvgIpc) is 3.59. The Balaban J connectivity index is 1.44. The van der Waals surface area contributed by atoms with Crippen molar-refractivity contribution in [3.05, 3.63) is 119 Å². The summed E-state index contributed by atoms with van der Waals surface area (Å²) in [6.07, 6.45) is -0.972. The minimum atomic E-state index is -2.48. The number of ether oxygens (including phenoxy) is 4. The number of aliphatic hydroxyl groups excluding tert-OH is 1. The quantitative estimate of drug-likeness (QED) is 0.131. The Morgan fingerprint density at radius 3 is 2.02 bits per heavy atom. The van der Waals surface area contributed by atoms with E-state index in [1.165, 1.54) is 17.1 Å². The Morgan fingerprint density at radius 1 is 0.898 bits per heavy atom. The number of nitrogens with zero attached hydrogens (tertiary/aromatic N) is 3. The van der Waals surface area contributed by atoms with E-state index in [2.05, 4.69) is 48.8 Å². The molecule has 3 aromatic carbocycles. The Hall–Kier alpha value is -4.33. The van der Waals surface area contributed by atoms with Crippen molar-refractivity contribution in [2.24, 2.45) is 0 Å². The summed E-state index contributed by atoms with van der Waals surface area (Å²) in [5.74, 6) is 1.41. The molecule has 6 rings (SSSR count). The van der Waals surface area contributed by atoms with Gasteiger partial charge >= 0.3 is 5.69 Å². The van der Waals surface area contributed by atoms with Crippen LogP contribution in [-0.2, 0) is 19.5 Å². The lowest BCUT2D eigenvalue weighted by Gasteiger charge is -2.40. The predicted molar refractivity (Wildman–Crippen MR) is 188 cm³/mol. The summed E-state index contributed by atoms with van der Waals surface area (Å²) < 4.78 is 32.9. The number of hydrogen-bond acceptors (Lipinski definition) is 9. The van der Waals surface area contributed by atoms with Gasteiger partial charge in [-0.2, -0.15) is 0 Å². The van der Waals surface area contributed by atoms with Gasteiger partial charge in [0.25, 0.3) is 0 Å². The zero-order chi connectivity index (χ0) is 35.0. The third-order valence-corrected chi connectivity index (χ3v) is 14.3. The fraction of sp³-hybridized carbons (Fsp3) is 0.378. The van der Waals surface area contributed by atoms with Crippen molar-refractivity contribution in [3.8, 4) is 11.5 Å². The molecule has 258 valence electrons. The molecule has 1 fully saturated rings. The Morgan fingerprint density at radius 2 is 1.47 bits per heavy atom.